The summed E-state index contributed by atoms with van der Waals surface area (Å²) in [4.78, 5) is 26.1. The number of benzene rings is 2. The van der Waals surface area contributed by atoms with Crippen molar-refractivity contribution in [3.8, 4) is 17.2 Å². The predicted molar refractivity (Wildman–Crippen MR) is 101 cm³/mol. The summed E-state index contributed by atoms with van der Waals surface area (Å²) in [5.74, 6) is -1.17. The lowest BCUT2D eigenvalue weighted by molar-refractivity contribution is -0.144. The summed E-state index contributed by atoms with van der Waals surface area (Å²) in [5, 5.41) is 0. The quantitative estimate of drug-likeness (QED) is 0.380. The van der Waals surface area contributed by atoms with Crippen LogP contribution in [0.15, 0.2) is 42.5 Å². The van der Waals surface area contributed by atoms with Gasteiger partial charge in [0.25, 0.3) is 0 Å². The number of carbonyl (C=O) groups is 2. The third kappa shape index (κ3) is 4.58. The minimum Gasteiger partial charge on any atom is -0.496 e. The molecule has 0 saturated heterocycles. The van der Waals surface area contributed by atoms with E-state index in [1.807, 2.05) is 13.0 Å². The van der Waals surface area contributed by atoms with Crippen LogP contribution in [0.5, 0.6) is 17.2 Å². The molecule has 0 N–H and O–H groups in total. The Hall–Kier alpha value is -3.02. The van der Waals surface area contributed by atoms with Gasteiger partial charge in [0.05, 0.1) is 27.9 Å². The lowest BCUT2D eigenvalue weighted by Crippen LogP contribution is -2.25. The molecule has 0 aliphatic rings. The second-order valence-electron chi connectivity index (χ2n) is 5.78. The molecule has 2 aromatic carbocycles. The van der Waals surface area contributed by atoms with Gasteiger partial charge < -0.3 is 18.9 Å². The summed E-state index contributed by atoms with van der Waals surface area (Å²) in [7, 11) is 4.39. The number of hydrogen-bond acceptors (Lipinski definition) is 6. The van der Waals surface area contributed by atoms with Gasteiger partial charge in [-0.3, -0.25) is 9.59 Å². The molecule has 0 fully saturated rings. The zero-order valence-corrected chi connectivity index (χ0v) is 16.0. The van der Waals surface area contributed by atoms with Crippen molar-refractivity contribution < 1.29 is 28.5 Å². The monoisotopic (exact) mass is 372 g/mol. The fourth-order valence-corrected chi connectivity index (χ4v) is 2.72. The van der Waals surface area contributed by atoms with Crippen molar-refractivity contribution in [2.24, 2.45) is 0 Å². The van der Waals surface area contributed by atoms with Gasteiger partial charge in [0.1, 0.15) is 28.7 Å². The summed E-state index contributed by atoms with van der Waals surface area (Å²) in [6, 6.07) is 12.0. The molecule has 2 aromatic rings. The van der Waals surface area contributed by atoms with Crippen LogP contribution in [0.2, 0.25) is 0 Å². The van der Waals surface area contributed by atoms with E-state index < -0.39 is 17.7 Å². The van der Waals surface area contributed by atoms with Crippen LogP contribution in [0.4, 0.5) is 0 Å². The summed E-state index contributed by atoms with van der Waals surface area (Å²) >= 11 is 0. The van der Waals surface area contributed by atoms with Gasteiger partial charge in [0, 0.05) is 12.1 Å². The van der Waals surface area contributed by atoms with Crippen molar-refractivity contribution in [3.05, 3.63) is 53.6 Å². The molecule has 0 aliphatic heterocycles. The van der Waals surface area contributed by atoms with Gasteiger partial charge in [0.2, 0.25) is 0 Å². The van der Waals surface area contributed by atoms with Gasteiger partial charge >= 0.3 is 5.97 Å². The predicted octanol–water partition coefficient (Wildman–Crippen LogP) is 3.63. The minimum atomic E-state index is -1.12. The first-order chi connectivity index (χ1) is 13.1. The Balaban J connectivity index is 2.57. The summed E-state index contributed by atoms with van der Waals surface area (Å²) in [5.41, 5.74) is 0.714. The molecular formula is C21H24O6. The van der Waals surface area contributed by atoms with Crippen molar-refractivity contribution in [2.45, 2.75) is 19.3 Å². The van der Waals surface area contributed by atoms with Crippen molar-refractivity contribution in [3.63, 3.8) is 0 Å². The van der Waals surface area contributed by atoms with Gasteiger partial charge in [-0.15, -0.1) is 0 Å². The molecule has 27 heavy (non-hydrogen) atoms. The number of methoxy groups -OCH3 is 3. The van der Waals surface area contributed by atoms with E-state index in [1.54, 1.807) is 36.4 Å². The Morgan fingerprint density at radius 3 is 2.00 bits per heavy atom. The fraction of sp³-hybridized carbons (Fsp3) is 0.333. The molecule has 0 aromatic heterocycles. The van der Waals surface area contributed by atoms with Gasteiger partial charge in [-0.25, -0.2) is 0 Å². The Kier molecular flexibility index (Phi) is 7.23. The van der Waals surface area contributed by atoms with Gasteiger partial charge in [-0.05, 0) is 12.0 Å². The molecule has 0 saturated carbocycles. The molecule has 0 radical (unpaired) electrons. The number of ketones is 1. The highest BCUT2D eigenvalue weighted by Gasteiger charge is 2.35. The number of hydrogen-bond donors (Lipinski definition) is 0. The van der Waals surface area contributed by atoms with E-state index in [0.717, 1.165) is 0 Å². The summed E-state index contributed by atoms with van der Waals surface area (Å²) < 4.78 is 21.2. The number of esters is 1. The highest BCUT2D eigenvalue weighted by atomic mass is 16.5. The van der Waals surface area contributed by atoms with Gasteiger partial charge in [0.15, 0.2) is 5.78 Å². The first-order valence-corrected chi connectivity index (χ1v) is 8.63. The molecule has 0 spiro atoms. The Bertz CT molecular complexity index is 760. The van der Waals surface area contributed by atoms with Crippen LogP contribution in [-0.2, 0) is 9.53 Å². The third-order valence-electron chi connectivity index (χ3n) is 4.04. The smallest absolute Gasteiger partial charge is 0.321 e. The van der Waals surface area contributed by atoms with Crippen molar-refractivity contribution in [1.29, 1.82) is 0 Å². The molecule has 0 amide bonds. The number of rotatable bonds is 9. The van der Waals surface area contributed by atoms with E-state index in [9.17, 15) is 9.59 Å². The van der Waals surface area contributed by atoms with E-state index >= 15 is 0 Å². The van der Waals surface area contributed by atoms with Crippen LogP contribution < -0.4 is 14.2 Å². The van der Waals surface area contributed by atoms with E-state index in [0.29, 0.717) is 17.7 Å². The SMILES string of the molecule is CCCOC(=O)C(C(=O)c1c(OC)cc(OC)cc1OC)c1ccccc1. The lowest BCUT2D eigenvalue weighted by Gasteiger charge is -2.19. The molecule has 0 heterocycles. The highest BCUT2D eigenvalue weighted by Crippen LogP contribution is 2.37. The second kappa shape index (κ2) is 9.62. The minimum absolute atomic E-state index is 0.170. The maximum atomic E-state index is 13.4. The van der Waals surface area contributed by atoms with E-state index in [-0.39, 0.29) is 23.7 Å². The molecular weight excluding hydrogens is 348 g/mol. The topological polar surface area (TPSA) is 71.1 Å². The first-order valence-electron chi connectivity index (χ1n) is 8.63. The molecule has 2 rings (SSSR count). The fourth-order valence-electron chi connectivity index (χ4n) is 2.72. The van der Waals surface area contributed by atoms with E-state index in [2.05, 4.69) is 0 Å². The zero-order valence-electron chi connectivity index (χ0n) is 16.0. The van der Waals surface area contributed by atoms with Crippen LogP contribution in [-0.4, -0.2) is 39.7 Å². The van der Waals surface area contributed by atoms with E-state index in [1.165, 1.54) is 21.3 Å². The maximum Gasteiger partial charge on any atom is 0.321 e. The summed E-state index contributed by atoms with van der Waals surface area (Å²) in [6.07, 6.45) is 0.663. The van der Waals surface area contributed by atoms with Crippen LogP contribution >= 0.6 is 0 Å². The largest absolute Gasteiger partial charge is 0.496 e. The molecule has 6 heteroatoms. The molecule has 1 unspecified atom stereocenters. The standard InChI is InChI=1S/C21H24O6/c1-5-11-27-21(23)18(14-9-7-6-8-10-14)20(22)19-16(25-3)12-15(24-2)13-17(19)26-4/h6-10,12-13,18H,5,11H2,1-4H3. The average Bonchev–Trinajstić information content (AvgIpc) is 2.71. The van der Waals surface area contributed by atoms with Gasteiger partial charge in [-0.2, -0.15) is 0 Å². The normalized spacial score (nSPS) is 11.4. The molecule has 0 bridgehead atoms. The van der Waals surface area contributed by atoms with Crippen molar-refractivity contribution in [1.82, 2.24) is 0 Å². The van der Waals surface area contributed by atoms with Crippen LogP contribution in [0.3, 0.4) is 0 Å². The van der Waals surface area contributed by atoms with Crippen molar-refractivity contribution >= 4 is 11.8 Å². The van der Waals surface area contributed by atoms with Gasteiger partial charge in [-0.1, -0.05) is 37.3 Å². The lowest BCUT2D eigenvalue weighted by atomic mass is 9.89. The first kappa shape index (κ1) is 20.3. The number of ether oxygens (including phenoxy) is 4. The Labute approximate surface area is 159 Å². The number of Topliss-reactive ketones (excluding diaryl/α,β-unsaturated/α-hetero) is 1. The maximum absolute atomic E-state index is 13.4. The Morgan fingerprint density at radius 2 is 1.52 bits per heavy atom. The van der Waals surface area contributed by atoms with Crippen molar-refractivity contribution in [2.75, 3.05) is 27.9 Å². The molecule has 144 valence electrons. The third-order valence-corrected chi connectivity index (χ3v) is 4.04. The number of carbonyl (C=O) groups excluding carboxylic acids is 2. The molecule has 6 nitrogen and oxygen atoms in total. The highest BCUT2D eigenvalue weighted by molar-refractivity contribution is 6.15. The van der Waals surface area contributed by atoms with Crippen LogP contribution in [0.25, 0.3) is 0 Å². The zero-order chi connectivity index (χ0) is 19.8. The second-order valence-corrected chi connectivity index (χ2v) is 5.78. The molecule has 0 aliphatic carbocycles. The van der Waals surface area contributed by atoms with Crippen LogP contribution in [0.1, 0.15) is 35.2 Å². The Morgan fingerprint density at radius 1 is 0.926 bits per heavy atom. The molecule has 1 atom stereocenters. The van der Waals surface area contributed by atoms with Crippen LogP contribution in [0, 0.1) is 0 Å². The average molecular weight is 372 g/mol. The van der Waals surface area contributed by atoms with E-state index in [4.69, 9.17) is 18.9 Å². The summed E-state index contributed by atoms with van der Waals surface area (Å²) in [6.45, 7) is 2.13.